The molecule has 0 aliphatic carbocycles. The molecule has 1 fully saturated rings. The Morgan fingerprint density at radius 3 is 2.68 bits per heavy atom. The number of rotatable bonds is 5. The van der Waals surface area contributed by atoms with Gasteiger partial charge in [0, 0.05) is 42.0 Å². The molecular formula is C18H22N2O4S. The molecule has 0 unspecified atom stereocenters. The van der Waals surface area contributed by atoms with Crippen molar-refractivity contribution in [2.24, 2.45) is 5.41 Å². The number of anilines is 1. The number of sulfone groups is 1. The van der Waals surface area contributed by atoms with Crippen molar-refractivity contribution < 1.29 is 17.9 Å². The van der Waals surface area contributed by atoms with E-state index in [4.69, 9.17) is 4.74 Å². The van der Waals surface area contributed by atoms with Gasteiger partial charge in [-0.05, 0) is 31.2 Å². The molecular weight excluding hydrogens is 340 g/mol. The summed E-state index contributed by atoms with van der Waals surface area (Å²) in [7, 11) is -3.01. The Balaban J connectivity index is 1.87. The summed E-state index contributed by atoms with van der Waals surface area (Å²) in [4.78, 5) is 18.6. The summed E-state index contributed by atoms with van der Waals surface area (Å²) in [5, 5.41) is 0.746. The molecule has 1 aromatic heterocycles. The number of hydrogen-bond acceptors (Lipinski definition) is 6. The summed E-state index contributed by atoms with van der Waals surface area (Å²) >= 11 is 0. The van der Waals surface area contributed by atoms with Crippen molar-refractivity contribution in [2.45, 2.75) is 13.8 Å². The lowest BCUT2D eigenvalue weighted by atomic mass is 9.83. The van der Waals surface area contributed by atoms with Crippen LogP contribution >= 0.6 is 0 Å². The van der Waals surface area contributed by atoms with Gasteiger partial charge in [0.1, 0.15) is 9.84 Å². The number of carbonyl (C=O) groups excluding carboxylic acids is 1. The first-order chi connectivity index (χ1) is 11.7. The van der Waals surface area contributed by atoms with Crippen LogP contribution in [0.3, 0.4) is 0 Å². The monoisotopic (exact) mass is 362 g/mol. The summed E-state index contributed by atoms with van der Waals surface area (Å²) in [6, 6.07) is 7.41. The van der Waals surface area contributed by atoms with Crippen LogP contribution in [0.15, 0.2) is 30.5 Å². The van der Waals surface area contributed by atoms with Crippen LogP contribution in [0.25, 0.3) is 10.9 Å². The zero-order chi connectivity index (χ0) is 18.2. The lowest BCUT2D eigenvalue weighted by molar-refractivity contribution is 0.0528. The van der Waals surface area contributed by atoms with Crippen molar-refractivity contribution >= 4 is 32.4 Å². The summed E-state index contributed by atoms with van der Waals surface area (Å²) in [5.41, 5.74) is 1.94. The van der Waals surface area contributed by atoms with Gasteiger partial charge in [0.05, 0.1) is 23.4 Å². The molecule has 0 saturated carbocycles. The highest BCUT2D eigenvalue weighted by molar-refractivity contribution is 7.90. The summed E-state index contributed by atoms with van der Waals surface area (Å²) in [6.07, 6.45) is 2.87. The summed E-state index contributed by atoms with van der Waals surface area (Å²) in [5.74, 6) is -0.183. The minimum Gasteiger partial charge on any atom is -0.462 e. The van der Waals surface area contributed by atoms with Crippen LogP contribution in [0, 0.1) is 5.41 Å². The number of benzene rings is 1. The van der Waals surface area contributed by atoms with Crippen molar-refractivity contribution in [3.8, 4) is 0 Å². The maximum atomic E-state index is 12.2. The Hall–Kier alpha value is -2.15. The predicted molar refractivity (Wildman–Crippen MR) is 97.7 cm³/mol. The van der Waals surface area contributed by atoms with Gasteiger partial charge in [0.25, 0.3) is 0 Å². The van der Waals surface area contributed by atoms with Crippen LogP contribution in [-0.4, -0.2) is 51.1 Å². The fraction of sp³-hybridized carbons (Fsp3) is 0.444. The molecule has 0 atom stereocenters. The molecule has 0 amide bonds. The van der Waals surface area contributed by atoms with E-state index >= 15 is 0 Å². The number of hydrogen-bond donors (Lipinski definition) is 0. The Morgan fingerprint density at radius 2 is 2.04 bits per heavy atom. The average Bonchev–Trinajstić information content (AvgIpc) is 2.50. The minimum atomic E-state index is -3.01. The van der Waals surface area contributed by atoms with Crippen LogP contribution in [-0.2, 0) is 14.6 Å². The fourth-order valence-electron chi connectivity index (χ4n) is 3.50. The normalized spacial score (nSPS) is 16.5. The first-order valence-corrected chi connectivity index (χ1v) is 10.3. The van der Waals surface area contributed by atoms with E-state index in [1.54, 1.807) is 19.2 Å². The predicted octanol–water partition coefficient (Wildman–Crippen LogP) is 2.28. The van der Waals surface area contributed by atoms with Gasteiger partial charge in [-0.1, -0.05) is 6.92 Å². The molecule has 1 aliphatic heterocycles. The van der Waals surface area contributed by atoms with E-state index in [0.29, 0.717) is 25.3 Å². The molecule has 25 heavy (non-hydrogen) atoms. The number of nitrogens with zero attached hydrogens (tertiary/aromatic N) is 2. The number of ether oxygens (including phenoxy) is 1. The topological polar surface area (TPSA) is 76.6 Å². The fourth-order valence-corrected chi connectivity index (χ4v) is 4.95. The lowest BCUT2D eigenvalue weighted by Crippen LogP contribution is -2.57. The SMILES string of the molecule is CCOC(=O)c1ccnc2ccc(N3CC(C)(CS(C)(=O)=O)C3)cc12. The average molecular weight is 362 g/mol. The number of carbonyl (C=O) groups is 1. The maximum Gasteiger partial charge on any atom is 0.338 e. The summed E-state index contributed by atoms with van der Waals surface area (Å²) < 4.78 is 28.2. The Kier molecular flexibility index (Phi) is 4.45. The van der Waals surface area contributed by atoms with Crippen LogP contribution in [0.2, 0.25) is 0 Å². The molecule has 0 N–H and O–H groups in total. The van der Waals surface area contributed by atoms with Crippen molar-refractivity contribution in [1.82, 2.24) is 4.98 Å². The molecule has 1 aromatic carbocycles. The number of esters is 1. The van der Waals surface area contributed by atoms with Crippen molar-refractivity contribution in [3.05, 3.63) is 36.0 Å². The zero-order valence-electron chi connectivity index (χ0n) is 14.7. The van der Waals surface area contributed by atoms with E-state index in [2.05, 4.69) is 9.88 Å². The molecule has 6 nitrogen and oxygen atoms in total. The van der Waals surface area contributed by atoms with Gasteiger partial charge in [-0.2, -0.15) is 0 Å². The molecule has 134 valence electrons. The zero-order valence-corrected chi connectivity index (χ0v) is 15.5. The molecule has 2 heterocycles. The highest BCUT2D eigenvalue weighted by Crippen LogP contribution is 2.36. The molecule has 1 aliphatic rings. The van der Waals surface area contributed by atoms with Gasteiger partial charge in [0.15, 0.2) is 0 Å². The Morgan fingerprint density at radius 1 is 1.32 bits per heavy atom. The molecule has 0 spiro atoms. The van der Waals surface area contributed by atoms with Gasteiger partial charge in [-0.3, -0.25) is 4.98 Å². The van der Waals surface area contributed by atoms with Gasteiger partial charge < -0.3 is 9.64 Å². The third kappa shape index (κ3) is 3.76. The quantitative estimate of drug-likeness (QED) is 0.760. The Labute approximate surface area is 147 Å². The highest BCUT2D eigenvalue weighted by atomic mass is 32.2. The third-order valence-corrected chi connectivity index (χ3v) is 5.56. The molecule has 3 rings (SSSR count). The maximum absolute atomic E-state index is 12.2. The minimum absolute atomic E-state index is 0.180. The van der Waals surface area contributed by atoms with Gasteiger partial charge in [-0.25, -0.2) is 13.2 Å². The molecule has 1 saturated heterocycles. The number of pyridine rings is 1. The number of aromatic nitrogens is 1. The molecule has 2 aromatic rings. The lowest BCUT2D eigenvalue weighted by Gasteiger charge is -2.49. The highest BCUT2D eigenvalue weighted by Gasteiger charge is 2.41. The van der Waals surface area contributed by atoms with Gasteiger partial charge >= 0.3 is 5.97 Å². The van der Waals surface area contributed by atoms with Crippen LogP contribution in [0.4, 0.5) is 5.69 Å². The second kappa shape index (κ2) is 6.29. The molecule has 0 radical (unpaired) electrons. The van der Waals surface area contributed by atoms with Gasteiger partial charge in [0.2, 0.25) is 0 Å². The van der Waals surface area contributed by atoms with E-state index in [-0.39, 0.29) is 17.1 Å². The van der Waals surface area contributed by atoms with Crippen LogP contribution in [0.5, 0.6) is 0 Å². The smallest absolute Gasteiger partial charge is 0.338 e. The third-order valence-electron chi connectivity index (χ3n) is 4.34. The van der Waals surface area contributed by atoms with E-state index in [0.717, 1.165) is 16.6 Å². The van der Waals surface area contributed by atoms with Crippen LogP contribution < -0.4 is 4.90 Å². The first-order valence-electron chi connectivity index (χ1n) is 8.19. The molecule has 7 heteroatoms. The standard InChI is InChI=1S/C18H22N2O4S/c1-4-24-17(21)14-7-8-19-16-6-5-13(9-15(14)16)20-10-18(2,11-20)12-25(3,22)23/h5-9H,4,10-12H2,1-3H3. The summed E-state index contributed by atoms with van der Waals surface area (Å²) in [6.45, 7) is 5.41. The van der Waals surface area contributed by atoms with E-state index in [1.807, 2.05) is 25.1 Å². The largest absolute Gasteiger partial charge is 0.462 e. The number of fused-ring (bicyclic) bond motifs is 1. The van der Waals surface area contributed by atoms with E-state index in [1.165, 1.54) is 6.26 Å². The van der Waals surface area contributed by atoms with Crippen molar-refractivity contribution in [2.75, 3.05) is 36.6 Å². The second-order valence-electron chi connectivity index (χ2n) is 7.02. The van der Waals surface area contributed by atoms with Crippen molar-refractivity contribution in [1.29, 1.82) is 0 Å². The Bertz CT molecular complexity index is 918. The first kappa shape index (κ1) is 17.7. The van der Waals surface area contributed by atoms with E-state index in [9.17, 15) is 13.2 Å². The van der Waals surface area contributed by atoms with Gasteiger partial charge in [-0.15, -0.1) is 0 Å². The van der Waals surface area contributed by atoms with Crippen molar-refractivity contribution in [3.63, 3.8) is 0 Å². The second-order valence-corrected chi connectivity index (χ2v) is 9.16. The van der Waals surface area contributed by atoms with Crippen LogP contribution in [0.1, 0.15) is 24.2 Å². The molecule has 0 bridgehead atoms. The van der Waals surface area contributed by atoms with E-state index < -0.39 is 9.84 Å².